The second-order valence-electron chi connectivity index (χ2n) is 20.8. The smallest absolute Gasteiger partial charge is 0.408 e. The van der Waals surface area contributed by atoms with Gasteiger partial charge in [-0.15, -0.1) is 0 Å². The molecule has 2 saturated carbocycles. The molecule has 3 aromatic rings. The van der Waals surface area contributed by atoms with Crippen molar-refractivity contribution >= 4 is 35.7 Å². The number of benzene rings is 3. The Hall–Kier alpha value is -6.06. The van der Waals surface area contributed by atoms with Gasteiger partial charge in [0.25, 0.3) is 5.91 Å². The SMILES string of the molecule is CC(=O)O[C@@]12CO[C@@H]1C[C@H](O)[C@@]1(C)C(=O)[C@H](OC(=O)NCCCNCCCCNCCCN)C3=C(C)[C@@H](OC(=O)[C@H](O)[C@@H](NC(=O)c4ccccc4)c4ccccc4)C[C@@](O)([C@@H](OC(=O)c4ccccc4)[C@H]21)C3(C)C. The van der Waals surface area contributed by atoms with E-state index < -0.39 is 113 Å². The number of amides is 2. The van der Waals surface area contributed by atoms with Gasteiger partial charge < -0.3 is 66.0 Å². The molecule has 1 saturated heterocycles. The number of aliphatic hydroxyl groups excluding tert-OH is 2. The van der Waals surface area contributed by atoms with E-state index in [2.05, 4.69) is 21.3 Å². The number of alkyl carbamates (subject to hydrolysis) is 1. The zero-order chi connectivity index (χ0) is 54.1. The number of carbonyl (C=O) groups excluding carboxylic acids is 6. The minimum absolute atomic E-state index is 0.0268. The molecule has 9 N–H and O–H groups in total. The fourth-order valence-electron chi connectivity index (χ4n) is 11.5. The molecular formula is C56H73N5O14. The van der Waals surface area contributed by atoms with Crippen molar-refractivity contribution in [2.75, 3.05) is 45.9 Å². The van der Waals surface area contributed by atoms with Gasteiger partial charge >= 0.3 is 24.0 Å². The number of Topliss-reactive ketones (excluding diaryl/α,β-unsaturated/α-hetero) is 1. The molecule has 0 unspecified atom stereocenters. The first-order valence-electron chi connectivity index (χ1n) is 25.9. The van der Waals surface area contributed by atoms with Gasteiger partial charge in [-0.3, -0.25) is 14.4 Å². The molecule has 19 nitrogen and oxygen atoms in total. The van der Waals surface area contributed by atoms with Crippen LogP contribution in [-0.4, -0.2) is 145 Å². The summed E-state index contributed by atoms with van der Waals surface area (Å²) in [5.41, 5.74) is -1.73. The van der Waals surface area contributed by atoms with E-state index in [1.54, 1.807) is 92.7 Å². The minimum Gasteiger partial charge on any atom is -0.456 e. The Morgan fingerprint density at radius 2 is 1.39 bits per heavy atom. The van der Waals surface area contributed by atoms with E-state index in [-0.39, 0.29) is 41.8 Å². The first kappa shape index (κ1) is 56.7. The lowest BCUT2D eigenvalue weighted by Crippen LogP contribution is -2.82. The van der Waals surface area contributed by atoms with Gasteiger partial charge in [0, 0.05) is 37.3 Å². The molecule has 1 aliphatic heterocycles. The maximum atomic E-state index is 16.0. The topological polar surface area (TPSA) is 283 Å². The van der Waals surface area contributed by atoms with Crippen LogP contribution in [0.5, 0.6) is 0 Å². The fourth-order valence-corrected chi connectivity index (χ4v) is 11.5. The van der Waals surface area contributed by atoms with Crippen LogP contribution >= 0.6 is 0 Å². The Bertz CT molecular complexity index is 2530. The van der Waals surface area contributed by atoms with Gasteiger partial charge in [-0.2, -0.15) is 0 Å². The van der Waals surface area contributed by atoms with Gasteiger partial charge in [-0.25, -0.2) is 14.4 Å². The number of carbonyl (C=O) groups is 6. The molecule has 3 aliphatic carbocycles. The Morgan fingerprint density at radius 1 is 0.800 bits per heavy atom. The third-order valence-electron chi connectivity index (χ3n) is 15.7. The van der Waals surface area contributed by atoms with Crippen molar-refractivity contribution in [1.82, 2.24) is 21.3 Å². The summed E-state index contributed by atoms with van der Waals surface area (Å²) in [6.45, 7) is 10.8. The number of nitrogens with one attached hydrogen (secondary N) is 4. The summed E-state index contributed by atoms with van der Waals surface area (Å²) < 4.78 is 31.0. The van der Waals surface area contributed by atoms with Crippen molar-refractivity contribution < 1.29 is 67.8 Å². The van der Waals surface area contributed by atoms with Crippen molar-refractivity contribution in [3.8, 4) is 0 Å². The standard InChI is InChI=1S/C56H73N5O14/c1-34-39(72-51(68)44(64)43(36-19-9-6-10-20-36)61-49(66)37-21-11-7-12-22-37)32-56(70)48(74-50(67)38-23-13-8-14-24-38)46-54(5,40(63)31-41-55(46,33-71-41)75-35(2)62)47(65)45(42(34)53(56,3)4)73-52(69)60-30-18-29-59-27-16-15-26-58-28-17-25-57/h6-14,19-24,39-41,43-46,48,58-59,63-64,70H,15-18,25-33,57H2,1-5H3,(H,60,69)(H,61,66)/t39-,40-,41+,43-,44+,45+,46-,48-,54+,55-,56+/m0/s1. The van der Waals surface area contributed by atoms with Crippen LogP contribution < -0.4 is 27.0 Å². The Labute approximate surface area is 437 Å². The van der Waals surface area contributed by atoms with Crippen LogP contribution in [-0.2, 0) is 38.1 Å². The lowest BCUT2D eigenvalue weighted by Gasteiger charge is -2.67. The fraction of sp³-hybridized carbons (Fsp3) is 0.536. The van der Waals surface area contributed by atoms with Crippen LogP contribution in [0.2, 0.25) is 0 Å². The second kappa shape index (κ2) is 24.3. The molecule has 2 bridgehead atoms. The molecule has 3 aromatic carbocycles. The zero-order valence-corrected chi connectivity index (χ0v) is 43.4. The van der Waals surface area contributed by atoms with Crippen LogP contribution in [0.1, 0.15) is 105 Å². The highest BCUT2D eigenvalue weighted by Crippen LogP contribution is 2.64. The van der Waals surface area contributed by atoms with E-state index >= 15 is 4.79 Å². The quantitative estimate of drug-likeness (QED) is 0.0309. The van der Waals surface area contributed by atoms with Gasteiger partial charge in [-0.1, -0.05) is 80.6 Å². The molecule has 11 atom stereocenters. The van der Waals surface area contributed by atoms with E-state index in [0.29, 0.717) is 25.1 Å². The maximum absolute atomic E-state index is 16.0. The number of nitrogens with two attached hydrogens (primary N) is 1. The summed E-state index contributed by atoms with van der Waals surface area (Å²) >= 11 is 0. The Balaban J connectivity index is 1.28. The summed E-state index contributed by atoms with van der Waals surface area (Å²) in [6.07, 6.45) is -8.53. The summed E-state index contributed by atoms with van der Waals surface area (Å²) in [5, 5.41) is 50.5. The first-order valence-corrected chi connectivity index (χ1v) is 25.9. The Morgan fingerprint density at radius 3 is 1.97 bits per heavy atom. The lowest BCUT2D eigenvalue weighted by molar-refractivity contribution is -0.345. The molecule has 19 heteroatoms. The summed E-state index contributed by atoms with van der Waals surface area (Å²) in [4.78, 5) is 86.0. The first-order chi connectivity index (χ1) is 35.8. The highest BCUT2D eigenvalue weighted by atomic mass is 16.6. The van der Waals surface area contributed by atoms with Gasteiger partial charge in [0.05, 0.1) is 35.6 Å². The molecule has 1 heterocycles. The number of fused-ring (bicyclic) bond motifs is 5. The highest BCUT2D eigenvalue weighted by Gasteiger charge is 2.78. The van der Waals surface area contributed by atoms with Crippen LogP contribution in [0.4, 0.5) is 4.79 Å². The third-order valence-corrected chi connectivity index (χ3v) is 15.7. The number of ketones is 1. The minimum atomic E-state index is -2.44. The van der Waals surface area contributed by atoms with Crippen LogP contribution in [0, 0.1) is 16.7 Å². The highest BCUT2D eigenvalue weighted by molar-refractivity contribution is 5.96. The number of hydrogen-bond acceptors (Lipinski definition) is 17. The van der Waals surface area contributed by atoms with Crippen molar-refractivity contribution in [3.05, 3.63) is 119 Å². The molecular weight excluding hydrogens is 967 g/mol. The van der Waals surface area contributed by atoms with E-state index in [1.807, 2.05) is 0 Å². The van der Waals surface area contributed by atoms with Crippen molar-refractivity contribution in [1.29, 1.82) is 0 Å². The maximum Gasteiger partial charge on any atom is 0.408 e. The number of aliphatic hydroxyl groups is 3. The monoisotopic (exact) mass is 1040 g/mol. The molecule has 4 aliphatic rings. The van der Waals surface area contributed by atoms with E-state index in [1.165, 1.54) is 26.0 Å². The average Bonchev–Trinajstić information content (AvgIpc) is 3.43. The summed E-state index contributed by atoms with van der Waals surface area (Å²) in [6, 6.07) is 23.0. The molecule has 75 heavy (non-hydrogen) atoms. The molecule has 3 fully saturated rings. The summed E-state index contributed by atoms with van der Waals surface area (Å²) in [5.74, 6) is -6.05. The van der Waals surface area contributed by atoms with Crippen molar-refractivity contribution in [2.45, 2.75) is 127 Å². The number of ether oxygens (including phenoxy) is 5. The normalized spacial score (nSPS) is 28.4. The van der Waals surface area contributed by atoms with Gasteiger partial charge in [0.15, 0.2) is 23.6 Å². The number of esters is 3. The molecule has 0 spiro atoms. The van der Waals surface area contributed by atoms with Crippen molar-refractivity contribution in [2.24, 2.45) is 22.5 Å². The molecule has 406 valence electrons. The molecule has 0 radical (unpaired) electrons. The van der Waals surface area contributed by atoms with E-state index in [9.17, 15) is 39.3 Å². The van der Waals surface area contributed by atoms with Gasteiger partial charge in [0.2, 0.25) is 0 Å². The lowest BCUT2D eigenvalue weighted by atomic mass is 9.44. The number of unbranched alkanes of at least 4 members (excludes halogenated alkanes) is 1. The Kier molecular flexibility index (Phi) is 18.4. The predicted octanol–water partition coefficient (Wildman–Crippen LogP) is 3.60. The largest absolute Gasteiger partial charge is 0.456 e. The number of rotatable bonds is 22. The molecule has 7 rings (SSSR count). The van der Waals surface area contributed by atoms with Gasteiger partial charge in [0.1, 0.15) is 23.9 Å². The van der Waals surface area contributed by atoms with Crippen LogP contribution in [0.25, 0.3) is 0 Å². The van der Waals surface area contributed by atoms with E-state index in [0.717, 1.165) is 45.8 Å². The van der Waals surface area contributed by atoms with Crippen LogP contribution in [0.15, 0.2) is 102 Å². The van der Waals surface area contributed by atoms with Crippen molar-refractivity contribution in [3.63, 3.8) is 0 Å². The molecule has 0 aromatic heterocycles. The summed E-state index contributed by atoms with van der Waals surface area (Å²) in [7, 11) is 0. The average molecular weight is 1040 g/mol. The van der Waals surface area contributed by atoms with Gasteiger partial charge in [-0.05, 0) is 113 Å². The molecule has 2 amide bonds. The third kappa shape index (κ3) is 11.7. The van der Waals surface area contributed by atoms with Crippen LogP contribution in [0.3, 0.4) is 0 Å². The number of hydrogen-bond donors (Lipinski definition) is 8. The second-order valence-corrected chi connectivity index (χ2v) is 20.8. The zero-order valence-electron chi connectivity index (χ0n) is 43.4. The van der Waals surface area contributed by atoms with E-state index in [4.69, 9.17) is 29.4 Å². The predicted molar refractivity (Wildman–Crippen MR) is 274 cm³/mol.